The summed E-state index contributed by atoms with van der Waals surface area (Å²) in [5.41, 5.74) is 0.892. The third-order valence-corrected chi connectivity index (χ3v) is 5.00. The van der Waals surface area contributed by atoms with Gasteiger partial charge in [-0.1, -0.05) is 30.3 Å². The van der Waals surface area contributed by atoms with Gasteiger partial charge in [-0.2, -0.15) is 4.40 Å². The number of nitrogens with zero attached hydrogens (tertiary/aromatic N) is 1. The predicted octanol–water partition coefficient (Wildman–Crippen LogP) is 5.51. The van der Waals surface area contributed by atoms with Crippen molar-refractivity contribution in [1.29, 1.82) is 0 Å². The van der Waals surface area contributed by atoms with Crippen molar-refractivity contribution >= 4 is 28.0 Å². The van der Waals surface area contributed by atoms with E-state index in [0.717, 1.165) is 22.4 Å². The van der Waals surface area contributed by atoms with Crippen LogP contribution in [0, 0.1) is 0 Å². The van der Waals surface area contributed by atoms with E-state index in [4.69, 9.17) is 4.74 Å². The van der Waals surface area contributed by atoms with Crippen LogP contribution < -0.4 is 4.74 Å². The van der Waals surface area contributed by atoms with Crippen molar-refractivity contribution in [2.45, 2.75) is 25.5 Å². The van der Waals surface area contributed by atoms with E-state index in [0.29, 0.717) is 0 Å². The molecule has 0 aliphatic carbocycles. The van der Waals surface area contributed by atoms with E-state index in [1.54, 1.807) is 6.21 Å². The number of hydrogen-bond acceptors (Lipinski definition) is 2. The second-order valence-electron chi connectivity index (χ2n) is 6.78. The zero-order chi connectivity index (χ0) is 17.9. The Labute approximate surface area is 151 Å². The number of hydrogen-bond donors (Lipinski definition) is 0. The Morgan fingerprint density at radius 3 is 2.20 bits per heavy atom. The zero-order valence-corrected chi connectivity index (χ0v) is 15.4. The summed E-state index contributed by atoms with van der Waals surface area (Å²) in [6, 6.07) is 21.8. The van der Waals surface area contributed by atoms with Crippen LogP contribution in [0.1, 0.15) is 26.3 Å². The smallest absolute Gasteiger partial charge is 0.144 e. The van der Waals surface area contributed by atoms with Crippen molar-refractivity contribution in [3.8, 4) is 11.5 Å². The Bertz CT molecular complexity index is 925. The van der Waals surface area contributed by atoms with Gasteiger partial charge in [0.15, 0.2) is 0 Å². The highest BCUT2D eigenvalue weighted by atomic mass is 32.2. The van der Waals surface area contributed by atoms with Crippen LogP contribution in [0.4, 0.5) is 0 Å². The highest BCUT2D eigenvalue weighted by molar-refractivity contribution is 7.85. The summed E-state index contributed by atoms with van der Waals surface area (Å²) in [6.07, 6.45) is 1.64. The van der Waals surface area contributed by atoms with Gasteiger partial charge in [-0.15, -0.1) is 0 Å². The van der Waals surface area contributed by atoms with Crippen molar-refractivity contribution in [2.24, 2.45) is 4.40 Å². The molecule has 1 atom stereocenters. The van der Waals surface area contributed by atoms with Crippen molar-refractivity contribution in [2.75, 3.05) is 0 Å². The molecule has 0 N–H and O–H groups in total. The third kappa shape index (κ3) is 4.54. The topological polar surface area (TPSA) is 38.7 Å². The van der Waals surface area contributed by atoms with Crippen molar-refractivity contribution in [1.82, 2.24) is 0 Å². The van der Waals surface area contributed by atoms with Gasteiger partial charge in [0, 0.05) is 6.21 Å². The van der Waals surface area contributed by atoms with Gasteiger partial charge in [0.1, 0.15) is 22.5 Å². The summed E-state index contributed by atoms with van der Waals surface area (Å²) in [7, 11) is -1.25. The van der Waals surface area contributed by atoms with E-state index in [-0.39, 0.29) is 4.75 Å². The number of fused-ring (bicyclic) bond motifs is 1. The number of benzene rings is 3. The zero-order valence-electron chi connectivity index (χ0n) is 14.6. The molecule has 3 aromatic rings. The fourth-order valence-electron chi connectivity index (χ4n) is 2.26. The lowest BCUT2D eigenvalue weighted by Crippen LogP contribution is -2.19. The Morgan fingerprint density at radius 2 is 1.52 bits per heavy atom. The summed E-state index contributed by atoms with van der Waals surface area (Å²) < 4.78 is 21.6. The molecule has 128 valence electrons. The first-order chi connectivity index (χ1) is 11.9. The maximum absolute atomic E-state index is 11.9. The monoisotopic (exact) mass is 351 g/mol. The summed E-state index contributed by atoms with van der Waals surface area (Å²) in [4.78, 5) is 0. The molecule has 3 aromatic carbocycles. The maximum atomic E-state index is 11.9. The van der Waals surface area contributed by atoms with Gasteiger partial charge in [-0.05, 0) is 73.5 Å². The van der Waals surface area contributed by atoms with E-state index < -0.39 is 11.0 Å². The Morgan fingerprint density at radius 1 is 0.880 bits per heavy atom. The molecular weight excluding hydrogens is 330 g/mol. The first kappa shape index (κ1) is 17.4. The van der Waals surface area contributed by atoms with E-state index in [9.17, 15) is 4.21 Å². The number of rotatable bonds is 4. The van der Waals surface area contributed by atoms with Crippen molar-refractivity contribution in [3.05, 3.63) is 72.3 Å². The molecule has 3 rings (SSSR count). The lowest BCUT2D eigenvalue weighted by molar-refractivity contribution is 0.483. The lowest BCUT2D eigenvalue weighted by Gasteiger charge is -2.12. The van der Waals surface area contributed by atoms with Gasteiger partial charge >= 0.3 is 0 Å². The fraction of sp³-hybridized carbons (Fsp3) is 0.190. The maximum Gasteiger partial charge on any atom is 0.144 e. The molecule has 0 radical (unpaired) electrons. The van der Waals surface area contributed by atoms with Crippen LogP contribution in [0.3, 0.4) is 0 Å². The molecule has 0 unspecified atom stereocenters. The van der Waals surface area contributed by atoms with Gasteiger partial charge in [-0.25, -0.2) is 4.21 Å². The molecule has 25 heavy (non-hydrogen) atoms. The van der Waals surface area contributed by atoms with E-state index in [1.165, 1.54) is 5.39 Å². The second kappa shape index (κ2) is 7.19. The molecule has 0 amide bonds. The summed E-state index contributed by atoms with van der Waals surface area (Å²) in [5, 5.41) is 2.33. The van der Waals surface area contributed by atoms with Crippen LogP contribution in [0.15, 0.2) is 71.1 Å². The van der Waals surface area contributed by atoms with Gasteiger partial charge in [0.05, 0.1) is 4.75 Å². The van der Waals surface area contributed by atoms with E-state index >= 15 is 0 Å². The minimum absolute atomic E-state index is 0.352. The molecule has 0 saturated heterocycles. The Kier molecular flexibility index (Phi) is 5.00. The molecule has 0 fully saturated rings. The average molecular weight is 351 g/mol. The molecule has 0 aromatic heterocycles. The van der Waals surface area contributed by atoms with Gasteiger partial charge in [-0.3, -0.25) is 0 Å². The van der Waals surface area contributed by atoms with Crippen LogP contribution >= 0.6 is 0 Å². The molecule has 4 heteroatoms. The molecule has 0 aliphatic rings. The van der Waals surface area contributed by atoms with Gasteiger partial charge in [0.25, 0.3) is 0 Å². The van der Waals surface area contributed by atoms with Crippen molar-refractivity contribution in [3.63, 3.8) is 0 Å². The summed E-state index contributed by atoms with van der Waals surface area (Å²) in [5.74, 6) is 1.55. The normalized spacial score (nSPS) is 13.2. The first-order valence-electron chi connectivity index (χ1n) is 8.15. The SMILES string of the molecule is CC(C)(C)[S@@](=O)/N=C/c1ccc(Oc2ccc3ccccc3c2)cc1. The molecule has 0 spiro atoms. The molecular formula is C21H21NO2S. The summed E-state index contributed by atoms with van der Waals surface area (Å²) >= 11 is 0. The lowest BCUT2D eigenvalue weighted by atomic mass is 10.1. The molecule has 0 saturated carbocycles. The minimum atomic E-state index is -1.25. The predicted molar refractivity (Wildman–Crippen MR) is 106 cm³/mol. The van der Waals surface area contributed by atoms with Gasteiger partial charge in [0.2, 0.25) is 0 Å². The second-order valence-corrected chi connectivity index (χ2v) is 8.71. The van der Waals surface area contributed by atoms with Gasteiger partial charge < -0.3 is 4.74 Å². The van der Waals surface area contributed by atoms with E-state index in [1.807, 2.05) is 75.4 Å². The van der Waals surface area contributed by atoms with E-state index in [2.05, 4.69) is 16.5 Å². The van der Waals surface area contributed by atoms with Crippen LogP contribution in [0.25, 0.3) is 10.8 Å². The van der Waals surface area contributed by atoms with Crippen LogP contribution in [0.2, 0.25) is 0 Å². The van der Waals surface area contributed by atoms with Crippen LogP contribution in [-0.2, 0) is 11.0 Å². The molecule has 3 nitrogen and oxygen atoms in total. The quantitative estimate of drug-likeness (QED) is 0.581. The number of ether oxygens (including phenoxy) is 1. The highest BCUT2D eigenvalue weighted by Gasteiger charge is 2.18. The van der Waals surface area contributed by atoms with Crippen LogP contribution in [-0.4, -0.2) is 15.2 Å². The Hall–Kier alpha value is -2.46. The summed E-state index contributed by atoms with van der Waals surface area (Å²) in [6.45, 7) is 5.71. The molecule has 0 heterocycles. The van der Waals surface area contributed by atoms with Crippen molar-refractivity contribution < 1.29 is 8.95 Å². The standard InChI is InChI=1S/C21H21NO2S/c1-21(2,3)25(23)22-15-16-8-11-19(12-9-16)24-20-13-10-17-6-4-5-7-18(17)14-20/h4-15H,1-3H3/b22-15+/t25-/m1/s1. The van der Waals surface area contributed by atoms with Crippen LogP contribution in [0.5, 0.6) is 11.5 Å². The first-order valence-corrected chi connectivity index (χ1v) is 9.25. The molecule has 0 bridgehead atoms. The highest BCUT2D eigenvalue weighted by Crippen LogP contribution is 2.25. The largest absolute Gasteiger partial charge is 0.457 e. The Balaban J connectivity index is 1.71. The molecule has 0 aliphatic heterocycles. The fourth-order valence-corrected chi connectivity index (χ4v) is 2.79. The minimum Gasteiger partial charge on any atom is -0.457 e. The third-order valence-electron chi connectivity index (χ3n) is 3.66. The average Bonchev–Trinajstić information content (AvgIpc) is 2.60.